The summed E-state index contributed by atoms with van der Waals surface area (Å²) in [7, 11) is 0. The molecule has 1 aromatic rings. The Morgan fingerprint density at radius 3 is 2.86 bits per heavy atom. The van der Waals surface area contributed by atoms with Crippen LogP contribution in [0.3, 0.4) is 0 Å². The minimum Gasteiger partial charge on any atom is -0.472 e. The molecule has 14 heavy (non-hydrogen) atoms. The molecule has 0 spiro atoms. The molecule has 1 aliphatic carbocycles. The van der Waals surface area contributed by atoms with Crippen molar-refractivity contribution in [3.05, 3.63) is 24.2 Å². The third-order valence-electron chi connectivity index (χ3n) is 3.27. The van der Waals surface area contributed by atoms with Crippen molar-refractivity contribution >= 4 is 0 Å². The lowest BCUT2D eigenvalue weighted by Crippen LogP contribution is -2.28. The summed E-state index contributed by atoms with van der Waals surface area (Å²) in [6.45, 7) is 4.46. The molecule has 1 fully saturated rings. The summed E-state index contributed by atoms with van der Waals surface area (Å²) in [5.41, 5.74) is 1.79. The quantitative estimate of drug-likeness (QED) is 0.795. The Balaban J connectivity index is 1.72. The van der Waals surface area contributed by atoms with Crippen molar-refractivity contribution in [2.45, 2.75) is 39.2 Å². The highest BCUT2D eigenvalue weighted by molar-refractivity contribution is 5.04. The van der Waals surface area contributed by atoms with Gasteiger partial charge in [-0.3, -0.25) is 0 Å². The molecule has 0 atom stereocenters. The van der Waals surface area contributed by atoms with Gasteiger partial charge in [-0.2, -0.15) is 0 Å². The molecule has 2 nitrogen and oxygen atoms in total. The second-order valence-electron chi connectivity index (χ2n) is 4.75. The molecule has 0 amide bonds. The third-order valence-corrected chi connectivity index (χ3v) is 3.27. The van der Waals surface area contributed by atoms with Crippen LogP contribution in [0.4, 0.5) is 0 Å². The van der Waals surface area contributed by atoms with Crippen molar-refractivity contribution in [1.29, 1.82) is 0 Å². The van der Waals surface area contributed by atoms with Crippen molar-refractivity contribution in [2.24, 2.45) is 5.41 Å². The molecule has 1 heterocycles. The summed E-state index contributed by atoms with van der Waals surface area (Å²) >= 11 is 0. The van der Waals surface area contributed by atoms with Crippen LogP contribution in [-0.4, -0.2) is 6.54 Å². The fourth-order valence-corrected chi connectivity index (χ4v) is 2.31. The molecule has 1 N–H and O–H groups in total. The van der Waals surface area contributed by atoms with Crippen LogP contribution in [0.25, 0.3) is 0 Å². The molecular formula is C12H19NO. The van der Waals surface area contributed by atoms with E-state index in [2.05, 4.69) is 12.2 Å². The summed E-state index contributed by atoms with van der Waals surface area (Å²) in [6.07, 6.45) is 9.11. The highest BCUT2D eigenvalue weighted by Crippen LogP contribution is 2.36. The minimum atomic E-state index is 0.545. The zero-order valence-corrected chi connectivity index (χ0v) is 8.88. The van der Waals surface area contributed by atoms with Gasteiger partial charge in [-0.05, 0) is 24.3 Å². The molecule has 0 aromatic carbocycles. The van der Waals surface area contributed by atoms with Crippen LogP contribution < -0.4 is 5.32 Å². The summed E-state index contributed by atoms with van der Waals surface area (Å²) in [5, 5.41) is 3.51. The van der Waals surface area contributed by atoms with E-state index in [0.29, 0.717) is 5.41 Å². The van der Waals surface area contributed by atoms with E-state index in [1.807, 2.05) is 12.3 Å². The third kappa shape index (κ3) is 2.38. The van der Waals surface area contributed by atoms with E-state index in [-0.39, 0.29) is 0 Å². The lowest BCUT2D eigenvalue weighted by atomic mass is 9.89. The molecule has 1 aromatic heterocycles. The van der Waals surface area contributed by atoms with Gasteiger partial charge >= 0.3 is 0 Å². The van der Waals surface area contributed by atoms with Crippen LogP contribution in [0.5, 0.6) is 0 Å². The van der Waals surface area contributed by atoms with E-state index in [0.717, 1.165) is 13.1 Å². The fourth-order valence-electron chi connectivity index (χ4n) is 2.31. The van der Waals surface area contributed by atoms with Gasteiger partial charge in [-0.1, -0.05) is 19.8 Å². The first kappa shape index (κ1) is 9.78. The summed E-state index contributed by atoms with van der Waals surface area (Å²) in [5.74, 6) is 0. The number of nitrogens with one attached hydrogen (secondary N) is 1. The van der Waals surface area contributed by atoms with E-state index in [4.69, 9.17) is 4.42 Å². The van der Waals surface area contributed by atoms with E-state index in [9.17, 15) is 0 Å². The Hall–Kier alpha value is -0.760. The molecule has 2 rings (SSSR count). The Labute approximate surface area is 85.7 Å². The highest BCUT2D eigenvalue weighted by Gasteiger charge is 2.27. The van der Waals surface area contributed by atoms with Crippen molar-refractivity contribution in [2.75, 3.05) is 6.54 Å². The van der Waals surface area contributed by atoms with Gasteiger partial charge in [0.2, 0.25) is 0 Å². The maximum absolute atomic E-state index is 5.02. The molecule has 78 valence electrons. The second-order valence-corrected chi connectivity index (χ2v) is 4.75. The Morgan fingerprint density at radius 2 is 2.21 bits per heavy atom. The molecular weight excluding hydrogens is 174 g/mol. The van der Waals surface area contributed by atoms with Gasteiger partial charge in [0.1, 0.15) is 0 Å². The van der Waals surface area contributed by atoms with Crippen LogP contribution in [-0.2, 0) is 6.54 Å². The predicted molar refractivity (Wildman–Crippen MR) is 57.0 cm³/mol. The first-order valence-corrected chi connectivity index (χ1v) is 5.50. The number of hydrogen-bond donors (Lipinski definition) is 1. The van der Waals surface area contributed by atoms with E-state index in [1.165, 1.54) is 31.2 Å². The van der Waals surface area contributed by atoms with E-state index < -0.39 is 0 Å². The lowest BCUT2D eigenvalue weighted by Gasteiger charge is -2.23. The van der Waals surface area contributed by atoms with E-state index >= 15 is 0 Å². The molecule has 1 saturated carbocycles. The monoisotopic (exact) mass is 193 g/mol. The minimum absolute atomic E-state index is 0.545. The molecule has 0 saturated heterocycles. The maximum Gasteiger partial charge on any atom is 0.0947 e. The maximum atomic E-state index is 5.02. The summed E-state index contributed by atoms with van der Waals surface area (Å²) < 4.78 is 5.02. The molecule has 0 radical (unpaired) electrons. The second kappa shape index (κ2) is 4.18. The van der Waals surface area contributed by atoms with Gasteiger partial charge in [-0.15, -0.1) is 0 Å². The van der Waals surface area contributed by atoms with Gasteiger partial charge < -0.3 is 9.73 Å². The van der Waals surface area contributed by atoms with Crippen LogP contribution in [0.15, 0.2) is 23.0 Å². The van der Waals surface area contributed by atoms with Crippen LogP contribution >= 0.6 is 0 Å². The van der Waals surface area contributed by atoms with Crippen LogP contribution in [0.1, 0.15) is 38.2 Å². The molecule has 0 unspecified atom stereocenters. The van der Waals surface area contributed by atoms with Crippen molar-refractivity contribution in [3.8, 4) is 0 Å². The zero-order chi connectivity index (χ0) is 9.86. The van der Waals surface area contributed by atoms with Crippen LogP contribution in [0, 0.1) is 5.41 Å². The Bertz CT molecular complexity index is 260. The summed E-state index contributed by atoms with van der Waals surface area (Å²) in [4.78, 5) is 0. The predicted octanol–water partition coefficient (Wildman–Crippen LogP) is 2.95. The lowest BCUT2D eigenvalue weighted by molar-refractivity contribution is 0.314. The van der Waals surface area contributed by atoms with Gasteiger partial charge in [0.25, 0.3) is 0 Å². The average molecular weight is 193 g/mol. The molecule has 0 aliphatic heterocycles. The smallest absolute Gasteiger partial charge is 0.0947 e. The number of hydrogen-bond acceptors (Lipinski definition) is 2. The molecule has 1 aliphatic rings. The van der Waals surface area contributed by atoms with E-state index in [1.54, 1.807) is 6.26 Å². The number of furan rings is 1. The van der Waals surface area contributed by atoms with Crippen molar-refractivity contribution in [3.63, 3.8) is 0 Å². The topological polar surface area (TPSA) is 25.2 Å². The standard InChI is InChI=1S/C12H19NO/c1-12(5-2-3-6-12)10-13-8-11-4-7-14-9-11/h4,7,9,13H,2-3,5-6,8,10H2,1H3. The van der Waals surface area contributed by atoms with Gasteiger partial charge in [-0.25, -0.2) is 0 Å². The van der Waals surface area contributed by atoms with Crippen molar-refractivity contribution in [1.82, 2.24) is 5.32 Å². The van der Waals surface area contributed by atoms with Gasteiger partial charge in [0.05, 0.1) is 12.5 Å². The normalized spacial score (nSPS) is 20.1. The van der Waals surface area contributed by atoms with Crippen LogP contribution in [0.2, 0.25) is 0 Å². The Kier molecular flexibility index (Phi) is 2.92. The largest absolute Gasteiger partial charge is 0.472 e. The molecule has 0 bridgehead atoms. The first-order chi connectivity index (χ1) is 6.79. The SMILES string of the molecule is CC1(CNCc2ccoc2)CCCC1. The zero-order valence-electron chi connectivity index (χ0n) is 8.88. The highest BCUT2D eigenvalue weighted by atomic mass is 16.3. The number of rotatable bonds is 4. The molecule has 2 heteroatoms. The van der Waals surface area contributed by atoms with Gasteiger partial charge in [0.15, 0.2) is 0 Å². The van der Waals surface area contributed by atoms with Gasteiger partial charge in [0, 0.05) is 18.7 Å². The Morgan fingerprint density at radius 1 is 1.43 bits per heavy atom. The van der Waals surface area contributed by atoms with Crippen molar-refractivity contribution < 1.29 is 4.42 Å². The fraction of sp³-hybridized carbons (Fsp3) is 0.667. The summed E-state index contributed by atoms with van der Waals surface area (Å²) in [6, 6.07) is 2.02. The first-order valence-electron chi connectivity index (χ1n) is 5.50. The average Bonchev–Trinajstić information content (AvgIpc) is 2.77.